The van der Waals surface area contributed by atoms with E-state index in [9.17, 15) is 9.18 Å². The summed E-state index contributed by atoms with van der Waals surface area (Å²) >= 11 is 0. The first-order valence-electron chi connectivity index (χ1n) is 8.03. The van der Waals surface area contributed by atoms with E-state index in [1.165, 1.54) is 31.5 Å². The molecule has 1 amide bonds. The predicted octanol–water partition coefficient (Wildman–Crippen LogP) is 2.52. The molecule has 4 heteroatoms. The fourth-order valence-electron chi connectivity index (χ4n) is 3.94. The molecule has 3 fully saturated rings. The van der Waals surface area contributed by atoms with Gasteiger partial charge in [0.25, 0.3) is 5.91 Å². The van der Waals surface area contributed by atoms with Crippen molar-refractivity contribution in [3.05, 3.63) is 35.6 Å². The molecule has 0 aromatic heterocycles. The largest absolute Gasteiger partial charge is 0.334 e. The lowest BCUT2D eigenvalue weighted by atomic mass is 10.1. The van der Waals surface area contributed by atoms with Gasteiger partial charge in [0.15, 0.2) is 0 Å². The SMILES string of the molecule is O=C(c1ccc(F)cc1)N1CC[C@H]2[C@H]1CCN2CC1CC1. The van der Waals surface area contributed by atoms with E-state index in [0.29, 0.717) is 17.6 Å². The second kappa shape index (κ2) is 5.09. The molecule has 3 aliphatic rings. The summed E-state index contributed by atoms with van der Waals surface area (Å²) in [7, 11) is 0. The highest BCUT2D eigenvalue weighted by Crippen LogP contribution is 2.37. The maximum atomic E-state index is 13.0. The van der Waals surface area contributed by atoms with Crippen LogP contribution in [0.3, 0.4) is 0 Å². The van der Waals surface area contributed by atoms with Crippen molar-refractivity contribution in [2.45, 2.75) is 37.8 Å². The molecule has 3 nitrogen and oxygen atoms in total. The lowest BCUT2D eigenvalue weighted by molar-refractivity contribution is 0.0732. The minimum Gasteiger partial charge on any atom is -0.334 e. The van der Waals surface area contributed by atoms with E-state index in [0.717, 1.165) is 31.8 Å². The first-order chi connectivity index (χ1) is 10.2. The van der Waals surface area contributed by atoms with Crippen LogP contribution in [0.25, 0.3) is 0 Å². The van der Waals surface area contributed by atoms with Gasteiger partial charge in [0, 0.05) is 37.3 Å². The van der Waals surface area contributed by atoms with Crippen LogP contribution < -0.4 is 0 Å². The molecule has 0 unspecified atom stereocenters. The summed E-state index contributed by atoms with van der Waals surface area (Å²) in [4.78, 5) is 17.2. The van der Waals surface area contributed by atoms with Crippen LogP contribution in [0.2, 0.25) is 0 Å². The number of amides is 1. The van der Waals surface area contributed by atoms with Crippen LogP contribution >= 0.6 is 0 Å². The van der Waals surface area contributed by atoms with Gasteiger partial charge in [0.1, 0.15) is 5.82 Å². The van der Waals surface area contributed by atoms with Gasteiger partial charge in [-0.3, -0.25) is 9.69 Å². The van der Waals surface area contributed by atoms with Gasteiger partial charge in [-0.15, -0.1) is 0 Å². The number of fused-ring (bicyclic) bond motifs is 1. The zero-order chi connectivity index (χ0) is 14.4. The van der Waals surface area contributed by atoms with E-state index in [4.69, 9.17) is 0 Å². The number of nitrogens with zero attached hydrogens (tertiary/aromatic N) is 2. The van der Waals surface area contributed by atoms with E-state index in [2.05, 4.69) is 4.90 Å². The van der Waals surface area contributed by atoms with Crippen LogP contribution in [-0.2, 0) is 0 Å². The van der Waals surface area contributed by atoms with Crippen LogP contribution in [-0.4, -0.2) is 47.4 Å². The number of halogens is 1. The molecule has 1 aliphatic carbocycles. The van der Waals surface area contributed by atoms with Crippen molar-refractivity contribution in [1.82, 2.24) is 9.80 Å². The van der Waals surface area contributed by atoms with Crippen molar-refractivity contribution in [3.8, 4) is 0 Å². The Morgan fingerprint density at radius 1 is 1.05 bits per heavy atom. The normalized spacial score (nSPS) is 28.9. The van der Waals surface area contributed by atoms with E-state index in [1.807, 2.05) is 4.90 Å². The molecule has 2 heterocycles. The average Bonchev–Trinajstić information content (AvgIpc) is 3.07. The van der Waals surface area contributed by atoms with Gasteiger partial charge in [0.05, 0.1) is 0 Å². The van der Waals surface area contributed by atoms with E-state index in [1.54, 1.807) is 12.1 Å². The van der Waals surface area contributed by atoms with Crippen LogP contribution in [0.15, 0.2) is 24.3 Å². The Bertz CT molecular complexity index is 540. The predicted molar refractivity (Wildman–Crippen MR) is 78.5 cm³/mol. The Morgan fingerprint density at radius 3 is 2.48 bits per heavy atom. The third kappa shape index (κ3) is 2.46. The highest BCUT2D eigenvalue weighted by atomic mass is 19.1. The Labute approximate surface area is 124 Å². The molecule has 0 bridgehead atoms. The van der Waals surface area contributed by atoms with Gasteiger partial charge >= 0.3 is 0 Å². The van der Waals surface area contributed by atoms with Crippen molar-refractivity contribution in [3.63, 3.8) is 0 Å². The van der Waals surface area contributed by atoms with Gasteiger partial charge < -0.3 is 4.90 Å². The number of likely N-dealkylation sites (tertiary alicyclic amines) is 2. The maximum Gasteiger partial charge on any atom is 0.254 e. The average molecular weight is 288 g/mol. The van der Waals surface area contributed by atoms with Crippen LogP contribution in [0.5, 0.6) is 0 Å². The molecular formula is C17H21FN2O. The topological polar surface area (TPSA) is 23.6 Å². The van der Waals surface area contributed by atoms with Crippen LogP contribution in [0.4, 0.5) is 4.39 Å². The molecule has 1 aromatic rings. The zero-order valence-corrected chi connectivity index (χ0v) is 12.2. The number of rotatable bonds is 3. The summed E-state index contributed by atoms with van der Waals surface area (Å²) in [6.07, 6.45) is 4.94. The fourth-order valence-corrected chi connectivity index (χ4v) is 3.94. The third-order valence-electron chi connectivity index (χ3n) is 5.23. The molecule has 112 valence electrons. The number of carbonyl (C=O) groups is 1. The Balaban J connectivity index is 1.47. The molecule has 1 saturated carbocycles. The van der Waals surface area contributed by atoms with Gasteiger partial charge in [0.2, 0.25) is 0 Å². The first-order valence-corrected chi connectivity index (χ1v) is 8.03. The van der Waals surface area contributed by atoms with Crippen molar-refractivity contribution in [2.24, 2.45) is 5.92 Å². The maximum absolute atomic E-state index is 13.0. The number of hydrogen-bond donors (Lipinski definition) is 0. The highest BCUT2D eigenvalue weighted by molar-refractivity contribution is 5.94. The first kappa shape index (κ1) is 13.3. The summed E-state index contributed by atoms with van der Waals surface area (Å²) < 4.78 is 13.0. The van der Waals surface area contributed by atoms with Crippen LogP contribution in [0, 0.1) is 11.7 Å². The van der Waals surface area contributed by atoms with E-state index >= 15 is 0 Å². The molecular weight excluding hydrogens is 267 g/mol. The van der Waals surface area contributed by atoms with E-state index in [-0.39, 0.29) is 11.7 Å². The second-order valence-corrected chi connectivity index (χ2v) is 6.66. The lowest BCUT2D eigenvalue weighted by Crippen LogP contribution is -2.40. The molecule has 4 rings (SSSR count). The molecule has 1 aromatic carbocycles. The van der Waals surface area contributed by atoms with Gasteiger partial charge in [-0.05, 0) is 55.9 Å². The Kier molecular flexibility index (Phi) is 3.21. The minimum atomic E-state index is -0.290. The molecule has 2 aliphatic heterocycles. The van der Waals surface area contributed by atoms with Gasteiger partial charge in [-0.25, -0.2) is 4.39 Å². The van der Waals surface area contributed by atoms with Crippen LogP contribution in [0.1, 0.15) is 36.0 Å². The van der Waals surface area contributed by atoms with E-state index < -0.39 is 0 Å². The standard InChI is InChI=1S/C17H21FN2O/c18-14-5-3-13(4-6-14)17(21)20-10-8-15-16(20)7-9-19(15)11-12-1-2-12/h3-6,12,15-16H,1-2,7-11H2/t15-,16+/m0/s1. The summed E-state index contributed by atoms with van der Waals surface area (Å²) in [6.45, 7) is 3.19. The van der Waals surface area contributed by atoms with Gasteiger partial charge in [-0.1, -0.05) is 0 Å². The van der Waals surface area contributed by atoms with Gasteiger partial charge in [-0.2, -0.15) is 0 Å². The molecule has 2 saturated heterocycles. The highest BCUT2D eigenvalue weighted by Gasteiger charge is 2.45. The number of benzene rings is 1. The summed E-state index contributed by atoms with van der Waals surface area (Å²) in [5, 5.41) is 0. The quantitative estimate of drug-likeness (QED) is 0.853. The van der Waals surface area contributed by atoms with Crippen molar-refractivity contribution >= 4 is 5.91 Å². The summed E-state index contributed by atoms with van der Waals surface area (Å²) in [6, 6.07) is 6.85. The van der Waals surface area contributed by atoms with Crippen molar-refractivity contribution in [1.29, 1.82) is 0 Å². The second-order valence-electron chi connectivity index (χ2n) is 6.66. The minimum absolute atomic E-state index is 0.0655. The fraction of sp³-hybridized carbons (Fsp3) is 0.588. The lowest BCUT2D eigenvalue weighted by Gasteiger charge is -2.25. The summed E-state index contributed by atoms with van der Waals surface area (Å²) in [5.74, 6) is 0.684. The Morgan fingerprint density at radius 2 is 1.76 bits per heavy atom. The monoisotopic (exact) mass is 288 g/mol. The zero-order valence-electron chi connectivity index (χ0n) is 12.2. The number of hydrogen-bond acceptors (Lipinski definition) is 2. The van der Waals surface area contributed by atoms with Crippen molar-refractivity contribution < 1.29 is 9.18 Å². The smallest absolute Gasteiger partial charge is 0.254 e. The molecule has 21 heavy (non-hydrogen) atoms. The molecule has 0 radical (unpaired) electrons. The summed E-state index contributed by atoms with van der Waals surface area (Å²) in [5.41, 5.74) is 0.609. The molecule has 2 atom stereocenters. The third-order valence-corrected chi connectivity index (χ3v) is 5.23. The number of carbonyl (C=O) groups excluding carboxylic acids is 1. The molecule has 0 spiro atoms. The van der Waals surface area contributed by atoms with Crippen molar-refractivity contribution in [2.75, 3.05) is 19.6 Å². The Hall–Kier alpha value is -1.42. The molecule has 0 N–H and O–H groups in total.